The number of rotatable bonds is 6. The van der Waals surface area contributed by atoms with Crippen LogP contribution in [0.15, 0.2) is 53.6 Å². The minimum Gasteiger partial charge on any atom is -0.406 e. The van der Waals surface area contributed by atoms with Crippen LogP contribution < -0.4 is 15.5 Å². The Balaban J connectivity index is 2.04. The molecule has 5 nitrogen and oxygen atoms in total. The predicted octanol–water partition coefficient (Wildman–Crippen LogP) is 5.79. The van der Waals surface area contributed by atoms with Crippen LogP contribution in [0.3, 0.4) is 0 Å². The Kier molecular flexibility index (Phi) is 6.36. The van der Waals surface area contributed by atoms with Crippen LogP contribution in [0.4, 0.5) is 36.8 Å². The number of amides is 2. The maximum absolute atomic E-state index is 13.2. The van der Waals surface area contributed by atoms with Gasteiger partial charge in [0.15, 0.2) is 0 Å². The zero-order chi connectivity index (χ0) is 23.7. The van der Waals surface area contributed by atoms with Gasteiger partial charge in [-0.2, -0.15) is 35.0 Å². The number of hydrogen-bond donors (Lipinski definition) is 1. The van der Waals surface area contributed by atoms with Gasteiger partial charge in [-0.1, -0.05) is 12.1 Å². The number of hydrogen-bond acceptors (Lipinski definition) is 4. The second kappa shape index (κ2) is 8.57. The topological polar surface area (TPSA) is 67.9 Å². The van der Waals surface area contributed by atoms with Gasteiger partial charge in [0.2, 0.25) is 0 Å². The highest BCUT2D eigenvalue weighted by Crippen LogP contribution is 2.50. The van der Waals surface area contributed by atoms with Crippen LogP contribution in [-0.4, -0.2) is 29.1 Å². The van der Waals surface area contributed by atoms with Gasteiger partial charge in [0, 0.05) is 0 Å². The normalized spacial score (nSPS) is 15.9. The number of hydrazone groups is 1. The van der Waals surface area contributed by atoms with E-state index in [4.69, 9.17) is 5.73 Å². The molecule has 2 amide bonds. The summed E-state index contributed by atoms with van der Waals surface area (Å²) < 4.78 is 79.9. The van der Waals surface area contributed by atoms with Crippen LogP contribution in [0.2, 0.25) is 0 Å². The molecule has 0 saturated heterocycles. The van der Waals surface area contributed by atoms with Crippen molar-refractivity contribution in [1.82, 2.24) is 0 Å². The first-order valence-electron chi connectivity index (χ1n) is 9.12. The first-order valence-corrected chi connectivity index (χ1v) is 10.3. The van der Waals surface area contributed by atoms with Crippen molar-refractivity contribution in [2.45, 2.75) is 30.1 Å². The molecular formula is C20H17F6N3O2S. The van der Waals surface area contributed by atoms with Crippen molar-refractivity contribution in [1.29, 1.82) is 0 Å². The Morgan fingerprint density at radius 3 is 2.19 bits per heavy atom. The van der Waals surface area contributed by atoms with Crippen molar-refractivity contribution in [2.24, 2.45) is 10.8 Å². The van der Waals surface area contributed by atoms with Crippen LogP contribution in [0.25, 0.3) is 0 Å². The van der Waals surface area contributed by atoms with Gasteiger partial charge >= 0.3 is 18.6 Å². The molecule has 2 aromatic carbocycles. The largest absolute Gasteiger partial charge is 0.573 e. The third kappa shape index (κ3) is 5.47. The average Bonchev–Trinajstić information content (AvgIpc) is 3.49. The number of ether oxygens (including phenoxy) is 1. The number of halogens is 6. The summed E-state index contributed by atoms with van der Waals surface area (Å²) in [6.07, 6.45) is -6.46. The van der Waals surface area contributed by atoms with E-state index in [9.17, 15) is 31.1 Å². The second-order valence-corrected chi connectivity index (χ2v) is 8.11. The Labute approximate surface area is 183 Å². The van der Waals surface area contributed by atoms with E-state index < -0.39 is 34.6 Å². The summed E-state index contributed by atoms with van der Waals surface area (Å²) >= 11 is 1.38. The molecule has 0 unspecified atom stereocenters. The van der Waals surface area contributed by atoms with E-state index in [0.717, 1.165) is 41.4 Å². The molecule has 0 aromatic heterocycles. The number of anilines is 1. The van der Waals surface area contributed by atoms with E-state index in [1.165, 1.54) is 23.9 Å². The molecule has 0 heterocycles. The van der Waals surface area contributed by atoms with Gasteiger partial charge in [-0.05, 0) is 61.1 Å². The summed E-state index contributed by atoms with van der Waals surface area (Å²) in [5.74, 6) is -0.518. The molecule has 12 heteroatoms. The summed E-state index contributed by atoms with van der Waals surface area (Å²) in [6, 6.07) is 7.70. The third-order valence-corrected chi connectivity index (χ3v) is 6.10. The molecule has 3 rings (SSSR count). The summed E-state index contributed by atoms with van der Waals surface area (Å²) in [5, 5.41) is 5.01. The highest BCUT2D eigenvalue weighted by Gasteiger charge is 2.48. The van der Waals surface area contributed by atoms with Crippen LogP contribution in [0, 0.1) is 0 Å². The van der Waals surface area contributed by atoms with Gasteiger partial charge in [-0.25, -0.2) is 4.79 Å². The molecule has 1 saturated carbocycles. The average molecular weight is 477 g/mol. The van der Waals surface area contributed by atoms with Crippen LogP contribution in [-0.2, 0) is 6.18 Å². The van der Waals surface area contributed by atoms with E-state index in [-0.39, 0.29) is 17.0 Å². The lowest BCUT2D eigenvalue weighted by Gasteiger charge is -2.22. The minimum atomic E-state index is -4.89. The zero-order valence-corrected chi connectivity index (χ0v) is 17.3. The quantitative estimate of drug-likeness (QED) is 0.325. The molecule has 1 fully saturated rings. The fourth-order valence-electron chi connectivity index (χ4n) is 3.03. The fraction of sp³-hybridized carbons (Fsp3) is 0.300. The Hall–Kier alpha value is -2.89. The van der Waals surface area contributed by atoms with Crippen molar-refractivity contribution >= 4 is 29.2 Å². The molecule has 2 N–H and O–H groups in total. The van der Waals surface area contributed by atoms with Crippen LogP contribution >= 0.6 is 11.8 Å². The molecule has 0 radical (unpaired) electrons. The molecule has 1 aliphatic rings. The Bertz CT molecular complexity index is 1020. The second-order valence-electron chi connectivity index (χ2n) is 6.92. The number of thioether (sulfide) groups is 1. The minimum absolute atomic E-state index is 0.0217. The Morgan fingerprint density at radius 1 is 1.09 bits per heavy atom. The molecule has 0 bridgehead atoms. The number of carbonyl (C=O) groups excluding carboxylic acids is 1. The number of alkyl halides is 6. The summed E-state index contributed by atoms with van der Waals surface area (Å²) in [6.45, 7) is 0. The zero-order valence-electron chi connectivity index (χ0n) is 16.5. The Morgan fingerprint density at radius 2 is 1.72 bits per heavy atom. The summed E-state index contributed by atoms with van der Waals surface area (Å²) in [5.41, 5.74) is 4.94. The van der Waals surface area contributed by atoms with E-state index in [0.29, 0.717) is 12.8 Å². The maximum atomic E-state index is 13.2. The molecule has 172 valence electrons. The fourth-order valence-corrected chi connectivity index (χ4v) is 3.89. The number of nitrogens with zero attached hydrogens (tertiary/aromatic N) is 2. The van der Waals surface area contributed by atoms with E-state index in [2.05, 4.69) is 9.84 Å². The van der Waals surface area contributed by atoms with E-state index in [1.807, 2.05) is 0 Å². The van der Waals surface area contributed by atoms with Gasteiger partial charge in [0.05, 0.1) is 21.7 Å². The summed E-state index contributed by atoms with van der Waals surface area (Å²) in [4.78, 5) is 12.1. The lowest BCUT2D eigenvalue weighted by Crippen LogP contribution is -2.34. The first-order chi connectivity index (χ1) is 14.8. The lowest BCUT2D eigenvalue weighted by atomic mass is 10.0. The van der Waals surface area contributed by atoms with Gasteiger partial charge in [-0.3, -0.25) is 0 Å². The molecule has 0 aliphatic heterocycles. The molecule has 0 spiro atoms. The highest BCUT2D eigenvalue weighted by molar-refractivity contribution is 8.01. The smallest absolute Gasteiger partial charge is 0.406 e. The van der Waals surface area contributed by atoms with E-state index in [1.54, 1.807) is 6.26 Å². The van der Waals surface area contributed by atoms with Crippen molar-refractivity contribution in [3.05, 3.63) is 59.7 Å². The first kappa shape index (κ1) is 23.8. The number of primary amides is 1. The third-order valence-electron chi connectivity index (χ3n) is 4.71. The molecule has 0 atom stereocenters. The van der Waals surface area contributed by atoms with Gasteiger partial charge in [0.25, 0.3) is 0 Å². The number of benzene rings is 2. The number of nitrogens with two attached hydrogens (primary N) is 1. The SMILES string of the molecule is CSC1(/C(=N/N(C(N)=O)c2ccc(OC(F)(F)F)cc2)c2cccc(C(F)(F)F)c2)CC1. The number of urea groups is 1. The standard InChI is InChI=1S/C20H17F6N3O2S/c1-32-18(9-10-18)16(12-3-2-4-13(11-12)19(21,22)23)28-29(17(27)30)14-5-7-15(8-6-14)31-20(24,25)26/h2-8,11H,9-10H2,1H3,(H2,27,30)/b28-16+. The van der Waals surface area contributed by atoms with Crippen molar-refractivity contribution in [2.75, 3.05) is 11.3 Å². The lowest BCUT2D eigenvalue weighted by molar-refractivity contribution is -0.274. The van der Waals surface area contributed by atoms with Gasteiger partial charge in [0.1, 0.15) is 5.75 Å². The van der Waals surface area contributed by atoms with E-state index >= 15 is 0 Å². The van der Waals surface area contributed by atoms with Crippen molar-refractivity contribution in [3.63, 3.8) is 0 Å². The summed E-state index contributed by atoms with van der Waals surface area (Å²) in [7, 11) is 0. The molecular weight excluding hydrogens is 460 g/mol. The highest BCUT2D eigenvalue weighted by atomic mass is 32.2. The van der Waals surface area contributed by atoms with Crippen molar-refractivity contribution < 1.29 is 35.9 Å². The monoisotopic (exact) mass is 477 g/mol. The van der Waals surface area contributed by atoms with Gasteiger partial charge in [-0.15, -0.1) is 13.2 Å². The molecule has 1 aliphatic carbocycles. The van der Waals surface area contributed by atoms with Crippen molar-refractivity contribution in [3.8, 4) is 5.75 Å². The van der Waals surface area contributed by atoms with Gasteiger partial charge < -0.3 is 10.5 Å². The van der Waals surface area contributed by atoms with Crippen LogP contribution in [0.1, 0.15) is 24.0 Å². The predicted molar refractivity (Wildman–Crippen MR) is 109 cm³/mol. The van der Waals surface area contributed by atoms with Crippen LogP contribution in [0.5, 0.6) is 5.75 Å². The maximum Gasteiger partial charge on any atom is 0.573 e. The molecule has 32 heavy (non-hydrogen) atoms. The number of carbonyl (C=O) groups is 1. The molecule has 2 aromatic rings.